The molecule has 2 N–H and O–H groups in total. The van der Waals surface area contributed by atoms with E-state index in [0.717, 1.165) is 22.3 Å². The van der Waals surface area contributed by atoms with Gasteiger partial charge in [-0.25, -0.2) is 0 Å². The first-order valence-electron chi connectivity index (χ1n) is 6.88. The van der Waals surface area contributed by atoms with Crippen LogP contribution in [-0.4, -0.2) is 31.0 Å². The first-order valence-corrected chi connectivity index (χ1v) is 7.70. The number of fused-ring (bicyclic) bond motifs is 1. The van der Waals surface area contributed by atoms with Crippen molar-refractivity contribution in [2.45, 2.75) is 13.3 Å². The number of hydrogen-bond donors (Lipinski definition) is 1. The maximum atomic E-state index is 12.6. The van der Waals surface area contributed by atoms with E-state index in [2.05, 4.69) is 6.58 Å². The Morgan fingerprint density at radius 2 is 2.29 bits per heavy atom. The fraction of sp³-hybridized carbons (Fsp3) is 0.312. The van der Waals surface area contributed by atoms with E-state index in [1.165, 1.54) is 11.3 Å². The lowest BCUT2D eigenvalue weighted by atomic mass is 10.2. The van der Waals surface area contributed by atoms with Crippen LogP contribution in [0.3, 0.4) is 0 Å². The minimum Gasteiger partial charge on any atom is -0.497 e. The minimum absolute atomic E-state index is 0.0329. The molecule has 4 nitrogen and oxygen atoms in total. The number of nitrogens with two attached hydrogens (primary N) is 1. The summed E-state index contributed by atoms with van der Waals surface area (Å²) >= 11 is 1.41. The summed E-state index contributed by atoms with van der Waals surface area (Å²) in [5, 5.41) is 0.902. The molecule has 1 amide bonds. The lowest BCUT2D eigenvalue weighted by Gasteiger charge is -2.19. The average molecular weight is 304 g/mol. The Balaban J connectivity index is 2.42. The number of hydrogen-bond acceptors (Lipinski definition) is 4. The summed E-state index contributed by atoms with van der Waals surface area (Å²) in [6, 6.07) is 5.66. The number of ether oxygens (including phenoxy) is 1. The van der Waals surface area contributed by atoms with Gasteiger partial charge in [-0.15, -0.1) is 17.9 Å². The van der Waals surface area contributed by atoms with Crippen LogP contribution in [0.5, 0.6) is 5.75 Å². The lowest BCUT2D eigenvalue weighted by Crippen LogP contribution is -2.31. The van der Waals surface area contributed by atoms with Crippen molar-refractivity contribution < 1.29 is 9.53 Å². The van der Waals surface area contributed by atoms with Crippen LogP contribution in [0.2, 0.25) is 0 Å². The number of carbonyl (C=O) groups is 1. The van der Waals surface area contributed by atoms with Crippen molar-refractivity contribution in [2.24, 2.45) is 0 Å². The summed E-state index contributed by atoms with van der Waals surface area (Å²) < 4.78 is 6.18. The molecule has 2 rings (SSSR count). The van der Waals surface area contributed by atoms with Crippen molar-refractivity contribution in [1.82, 2.24) is 4.90 Å². The van der Waals surface area contributed by atoms with Crippen LogP contribution in [0.15, 0.2) is 30.9 Å². The van der Waals surface area contributed by atoms with Gasteiger partial charge in [0.25, 0.3) is 5.91 Å². The van der Waals surface area contributed by atoms with Crippen LogP contribution in [0.1, 0.15) is 23.0 Å². The van der Waals surface area contributed by atoms with Gasteiger partial charge in [0.1, 0.15) is 10.6 Å². The Hall–Kier alpha value is -2.01. The van der Waals surface area contributed by atoms with Gasteiger partial charge >= 0.3 is 0 Å². The van der Waals surface area contributed by atoms with Crippen molar-refractivity contribution in [3.05, 3.63) is 35.7 Å². The molecule has 0 spiro atoms. The van der Waals surface area contributed by atoms with E-state index in [0.29, 0.717) is 23.7 Å². The van der Waals surface area contributed by atoms with Crippen molar-refractivity contribution in [3.63, 3.8) is 0 Å². The minimum atomic E-state index is -0.0329. The largest absolute Gasteiger partial charge is 0.497 e. The predicted molar refractivity (Wildman–Crippen MR) is 89.2 cm³/mol. The van der Waals surface area contributed by atoms with Crippen molar-refractivity contribution in [3.8, 4) is 5.75 Å². The zero-order valence-electron chi connectivity index (χ0n) is 12.4. The molecule has 0 saturated heterocycles. The van der Waals surface area contributed by atoms with Gasteiger partial charge < -0.3 is 15.4 Å². The van der Waals surface area contributed by atoms with Gasteiger partial charge in [0.05, 0.1) is 12.8 Å². The Labute approximate surface area is 128 Å². The molecule has 0 unspecified atom stereocenters. The lowest BCUT2D eigenvalue weighted by molar-refractivity contribution is 0.0780. The highest BCUT2D eigenvalue weighted by atomic mass is 32.1. The Morgan fingerprint density at radius 1 is 1.52 bits per heavy atom. The Bertz CT molecular complexity index is 664. The van der Waals surface area contributed by atoms with Crippen LogP contribution >= 0.6 is 11.3 Å². The highest BCUT2D eigenvalue weighted by molar-refractivity contribution is 7.21. The maximum Gasteiger partial charge on any atom is 0.266 e. The van der Waals surface area contributed by atoms with Crippen LogP contribution in [0, 0.1) is 0 Å². The molecule has 0 aliphatic heterocycles. The molecule has 1 heterocycles. The van der Waals surface area contributed by atoms with Crippen LogP contribution < -0.4 is 10.5 Å². The molecule has 112 valence electrons. The van der Waals surface area contributed by atoms with E-state index in [1.807, 2.05) is 25.1 Å². The van der Waals surface area contributed by atoms with E-state index in [-0.39, 0.29) is 5.91 Å². The Morgan fingerprint density at radius 3 is 2.90 bits per heavy atom. The van der Waals surface area contributed by atoms with Gasteiger partial charge in [-0.3, -0.25) is 4.79 Å². The maximum absolute atomic E-state index is 12.6. The number of nitrogen functional groups attached to an aromatic ring is 1. The SMILES string of the molecule is C=CCN(CCC)C(=O)c1sc2cc(OC)ccc2c1N. The number of thiophene rings is 1. The topological polar surface area (TPSA) is 55.6 Å². The van der Waals surface area contributed by atoms with Crippen molar-refractivity contribution in [1.29, 1.82) is 0 Å². The number of methoxy groups -OCH3 is 1. The number of benzene rings is 1. The first kappa shape index (κ1) is 15.4. The molecule has 0 aliphatic rings. The number of carbonyl (C=O) groups excluding carboxylic acids is 1. The van der Waals surface area contributed by atoms with E-state index in [9.17, 15) is 4.79 Å². The van der Waals surface area contributed by atoms with Crippen molar-refractivity contribution in [2.75, 3.05) is 25.9 Å². The molecule has 0 radical (unpaired) electrons. The van der Waals surface area contributed by atoms with Gasteiger partial charge in [0, 0.05) is 23.2 Å². The van der Waals surface area contributed by atoms with Gasteiger partial charge in [0.15, 0.2) is 0 Å². The third kappa shape index (κ3) is 3.03. The number of anilines is 1. The quantitative estimate of drug-likeness (QED) is 0.831. The summed E-state index contributed by atoms with van der Waals surface area (Å²) in [7, 11) is 1.62. The highest BCUT2D eigenvalue weighted by Gasteiger charge is 2.21. The summed E-state index contributed by atoms with van der Waals surface area (Å²) in [5.41, 5.74) is 6.71. The highest BCUT2D eigenvalue weighted by Crippen LogP contribution is 2.36. The number of amides is 1. The van der Waals surface area contributed by atoms with E-state index in [1.54, 1.807) is 18.1 Å². The zero-order chi connectivity index (χ0) is 15.4. The second-order valence-corrected chi connectivity index (χ2v) is 5.80. The molecule has 0 bridgehead atoms. The van der Waals surface area contributed by atoms with Gasteiger partial charge in [-0.1, -0.05) is 13.0 Å². The molecule has 0 saturated carbocycles. The normalized spacial score (nSPS) is 10.6. The monoisotopic (exact) mass is 304 g/mol. The Kier molecular flexibility index (Phi) is 4.85. The third-order valence-corrected chi connectivity index (χ3v) is 4.42. The van der Waals surface area contributed by atoms with E-state index >= 15 is 0 Å². The van der Waals surface area contributed by atoms with Crippen LogP contribution in [0.25, 0.3) is 10.1 Å². The molecule has 0 aliphatic carbocycles. The second-order valence-electron chi connectivity index (χ2n) is 4.75. The summed E-state index contributed by atoms with van der Waals surface area (Å²) in [5.74, 6) is 0.730. The fourth-order valence-electron chi connectivity index (χ4n) is 2.23. The molecule has 1 aromatic carbocycles. The molecular weight excluding hydrogens is 284 g/mol. The summed E-state index contributed by atoms with van der Waals surface area (Å²) in [6.07, 6.45) is 2.64. The van der Waals surface area contributed by atoms with E-state index in [4.69, 9.17) is 10.5 Å². The summed E-state index contributed by atoms with van der Waals surface area (Å²) in [4.78, 5) is 15.0. The second kappa shape index (κ2) is 6.63. The van der Waals surface area contributed by atoms with Crippen LogP contribution in [0.4, 0.5) is 5.69 Å². The molecule has 1 aromatic heterocycles. The summed E-state index contributed by atoms with van der Waals surface area (Å²) in [6.45, 7) is 6.98. The van der Waals surface area contributed by atoms with Crippen LogP contribution in [-0.2, 0) is 0 Å². The molecule has 21 heavy (non-hydrogen) atoms. The molecule has 0 atom stereocenters. The van der Waals surface area contributed by atoms with Gasteiger partial charge in [0.2, 0.25) is 0 Å². The molecule has 5 heteroatoms. The van der Waals surface area contributed by atoms with Crippen molar-refractivity contribution >= 4 is 33.0 Å². The first-order chi connectivity index (χ1) is 10.1. The van der Waals surface area contributed by atoms with Gasteiger partial charge in [-0.2, -0.15) is 0 Å². The third-order valence-electron chi connectivity index (χ3n) is 3.26. The standard InChI is InChI=1S/C16H20N2O2S/c1-4-8-18(9-5-2)16(19)15-14(17)12-7-6-11(20-3)10-13(12)21-15/h4,6-7,10H,1,5,8-9,17H2,2-3H3. The number of rotatable bonds is 6. The zero-order valence-corrected chi connectivity index (χ0v) is 13.2. The molecule has 0 fully saturated rings. The number of nitrogens with zero attached hydrogens (tertiary/aromatic N) is 1. The average Bonchev–Trinajstić information content (AvgIpc) is 2.82. The smallest absolute Gasteiger partial charge is 0.266 e. The molecular formula is C16H20N2O2S. The molecule has 2 aromatic rings. The fourth-order valence-corrected chi connectivity index (χ4v) is 3.35. The predicted octanol–water partition coefficient (Wildman–Crippen LogP) is 3.53. The van der Waals surface area contributed by atoms with E-state index < -0.39 is 0 Å². The van der Waals surface area contributed by atoms with Gasteiger partial charge in [-0.05, 0) is 24.6 Å².